The Morgan fingerprint density at radius 1 is 1.11 bits per heavy atom. The summed E-state index contributed by atoms with van der Waals surface area (Å²) in [6.45, 7) is 0. The second-order valence-corrected chi connectivity index (χ2v) is 3.92. The first-order chi connectivity index (χ1) is 9.15. The smallest absolute Gasteiger partial charge is 0.193 e. The van der Waals surface area contributed by atoms with Crippen molar-refractivity contribution in [3.8, 4) is 5.75 Å². The quantitative estimate of drug-likeness (QED) is 0.518. The maximum Gasteiger partial charge on any atom is 0.193 e. The highest BCUT2D eigenvalue weighted by molar-refractivity contribution is 6.09. The van der Waals surface area contributed by atoms with Crippen molar-refractivity contribution in [1.29, 1.82) is 0 Å². The van der Waals surface area contributed by atoms with Gasteiger partial charge in [0.25, 0.3) is 0 Å². The highest BCUT2D eigenvalue weighted by atomic mass is 16.5. The van der Waals surface area contributed by atoms with Gasteiger partial charge >= 0.3 is 0 Å². The maximum absolute atomic E-state index is 12.2. The molecule has 0 heterocycles. The molecule has 2 aromatic rings. The lowest BCUT2D eigenvalue weighted by molar-refractivity contribution is 0.103. The van der Waals surface area contributed by atoms with Gasteiger partial charge in [-0.2, -0.15) is 0 Å². The van der Waals surface area contributed by atoms with Gasteiger partial charge in [-0.15, -0.1) is 4.91 Å². The van der Waals surface area contributed by atoms with Gasteiger partial charge in [0.2, 0.25) is 0 Å². The molecule has 0 amide bonds. The van der Waals surface area contributed by atoms with Crippen molar-refractivity contribution in [3.63, 3.8) is 0 Å². The third kappa shape index (κ3) is 2.60. The number of anilines is 1. The van der Waals surface area contributed by atoms with E-state index in [0.29, 0.717) is 16.9 Å². The molecule has 0 aliphatic heterocycles. The van der Waals surface area contributed by atoms with Crippen LogP contribution in [0.1, 0.15) is 15.9 Å². The first-order valence-corrected chi connectivity index (χ1v) is 5.57. The topological polar surface area (TPSA) is 81.8 Å². The molecular formula is C14H12N2O3. The number of nitroso groups, excluding NO2 is 1. The first-order valence-electron chi connectivity index (χ1n) is 5.57. The lowest BCUT2D eigenvalue weighted by Crippen LogP contribution is -2.01. The lowest BCUT2D eigenvalue weighted by atomic mass is 10.0. The third-order valence-corrected chi connectivity index (χ3v) is 2.74. The number of hydrogen-bond donors (Lipinski definition) is 1. The molecule has 0 saturated carbocycles. The van der Waals surface area contributed by atoms with Crippen molar-refractivity contribution in [2.24, 2.45) is 5.18 Å². The summed E-state index contributed by atoms with van der Waals surface area (Å²) in [5, 5.41) is 2.79. The summed E-state index contributed by atoms with van der Waals surface area (Å²) in [4.78, 5) is 22.8. The van der Waals surface area contributed by atoms with Gasteiger partial charge in [0.1, 0.15) is 11.4 Å². The molecule has 0 atom stereocenters. The predicted molar refractivity (Wildman–Crippen MR) is 72.7 cm³/mol. The second kappa shape index (κ2) is 5.30. The van der Waals surface area contributed by atoms with Gasteiger partial charge in [0.15, 0.2) is 5.78 Å². The minimum absolute atomic E-state index is 0.0689. The van der Waals surface area contributed by atoms with E-state index in [1.807, 2.05) is 0 Å². The summed E-state index contributed by atoms with van der Waals surface area (Å²) in [6, 6.07) is 11.2. The van der Waals surface area contributed by atoms with E-state index >= 15 is 0 Å². The summed E-state index contributed by atoms with van der Waals surface area (Å²) in [5.74, 6) is 0.469. The fourth-order valence-corrected chi connectivity index (χ4v) is 1.67. The van der Waals surface area contributed by atoms with Gasteiger partial charge in [-0.05, 0) is 47.6 Å². The maximum atomic E-state index is 12.2. The molecule has 19 heavy (non-hydrogen) atoms. The molecule has 5 nitrogen and oxygen atoms in total. The van der Waals surface area contributed by atoms with Crippen molar-refractivity contribution in [2.75, 3.05) is 12.8 Å². The Morgan fingerprint density at radius 3 is 2.32 bits per heavy atom. The van der Waals surface area contributed by atoms with Crippen LogP contribution in [0.5, 0.6) is 5.75 Å². The molecule has 0 spiro atoms. The summed E-state index contributed by atoms with van der Waals surface area (Å²) in [5.41, 5.74) is 6.75. The highest BCUT2D eigenvalue weighted by Gasteiger charge is 2.11. The zero-order valence-corrected chi connectivity index (χ0v) is 10.3. The standard InChI is InChI=1S/C14H12N2O3/c1-19-11-5-2-9(3-6-11)14(17)10-4-7-12(15)13(8-10)16-18/h2-8H,15H2,1H3. The zero-order chi connectivity index (χ0) is 13.8. The van der Waals surface area contributed by atoms with E-state index in [9.17, 15) is 9.70 Å². The SMILES string of the molecule is COc1ccc(C(=O)c2ccc(N)c(N=O)c2)cc1. The molecule has 0 unspecified atom stereocenters. The number of carbonyl (C=O) groups excluding carboxylic acids is 1. The van der Waals surface area contributed by atoms with Crippen molar-refractivity contribution in [1.82, 2.24) is 0 Å². The molecule has 0 fully saturated rings. The van der Waals surface area contributed by atoms with Crippen molar-refractivity contribution in [2.45, 2.75) is 0 Å². The molecule has 0 saturated heterocycles. The number of nitrogens with two attached hydrogens (primary N) is 1. The summed E-state index contributed by atoms with van der Waals surface area (Å²) in [7, 11) is 1.55. The summed E-state index contributed by atoms with van der Waals surface area (Å²) < 4.78 is 5.02. The molecule has 2 rings (SSSR count). The Morgan fingerprint density at radius 2 is 1.74 bits per heavy atom. The van der Waals surface area contributed by atoms with Gasteiger partial charge in [-0.3, -0.25) is 4.79 Å². The molecule has 96 valence electrons. The minimum Gasteiger partial charge on any atom is -0.497 e. The van der Waals surface area contributed by atoms with Gasteiger partial charge < -0.3 is 10.5 Å². The Hall–Kier alpha value is -2.69. The van der Waals surface area contributed by atoms with E-state index in [1.165, 1.54) is 12.1 Å². The van der Waals surface area contributed by atoms with Crippen LogP contribution in [0.2, 0.25) is 0 Å². The van der Waals surface area contributed by atoms with Crippen LogP contribution in [0.3, 0.4) is 0 Å². The number of methoxy groups -OCH3 is 1. The monoisotopic (exact) mass is 256 g/mol. The zero-order valence-electron chi connectivity index (χ0n) is 10.3. The second-order valence-electron chi connectivity index (χ2n) is 3.92. The molecule has 2 N–H and O–H groups in total. The molecule has 0 bridgehead atoms. The number of hydrogen-bond acceptors (Lipinski definition) is 5. The van der Waals surface area contributed by atoms with E-state index in [4.69, 9.17) is 10.5 Å². The Bertz CT molecular complexity index is 621. The lowest BCUT2D eigenvalue weighted by Gasteiger charge is -2.04. The summed E-state index contributed by atoms with van der Waals surface area (Å²) >= 11 is 0. The van der Waals surface area contributed by atoms with Crippen molar-refractivity contribution >= 4 is 17.2 Å². The number of benzene rings is 2. The van der Waals surface area contributed by atoms with Gasteiger partial charge in [0.05, 0.1) is 12.8 Å². The third-order valence-electron chi connectivity index (χ3n) is 2.74. The molecule has 0 aromatic heterocycles. The molecule has 0 radical (unpaired) electrons. The molecule has 2 aromatic carbocycles. The minimum atomic E-state index is -0.201. The van der Waals surface area contributed by atoms with Gasteiger partial charge in [-0.25, -0.2) is 0 Å². The number of ketones is 1. The van der Waals surface area contributed by atoms with Crippen LogP contribution in [0.25, 0.3) is 0 Å². The molecule has 0 aliphatic carbocycles. The average molecular weight is 256 g/mol. The highest BCUT2D eigenvalue weighted by Crippen LogP contribution is 2.24. The summed E-state index contributed by atoms with van der Waals surface area (Å²) in [6.07, 6.45) is 0. The molecule has 5 heteroatoms. The van der Waals surface area contributed by atoms with Crippen LogP contribution in [0.15, 0.2) is 47.6 Å². The fraction of sp³-hybridized carbons (Fsp3) is 0.0714. The van der Waals surface area contributed by atoms with E-state index in [2.05, 4.69) is 5.18 Å². The van der Waals surface area contributed by atoms with Gasteiger partial charge in [0, 0.05) is 11.1 Å². The average Bonchev–Trinajstić information content (AvgIpc) is 2.47. The van der Waals surface area contributed by atoms with E-state index in [-0.39, 0.29) is 17.2 Å². The van der Waals surface area contributed by atoms with Gasteiger partial charge in [-0.1, -0.05) is 0 Å². The number of nitrogens with zero attached hydrogens (tertiary/aromatic N) is 1. The normalized spacial score (nSPS) is 9.95. The van der Waals surface area contributed by atoms with Crippen LogP contribution < -0.4 is 10.5 Å². The Balaban J connectivity index is 2.35. The van der Waals surface area contributed by atoms with Crippen molar-refractivity contribution < 1.29 is 9.53 Å². The first kappa shape index (κ1) is 12.8. The predicted octanol–water partition coefficient (Wildman–Crippen LogP) is 2.91. The fourth-order valence-electron chi connectivity index (χ4n) is 1.67. The Kier molecular flexibility index (Phi) is 3.56. The Labute approximate surface area is 110 Å². The van der Waals surface area contributed by atoms with E-state index < -0.39 is 0 Å². The van der Waals surface area contributed by atoms with E-state index in [0.717, 1.165) is 0 Å². The number of carbonyl (C=O) groups is 1. The van der Waals surface area contributed by atoms with Crippen LogP contribution >= 0.6 is 0 Å². The van der Waals surface area contributed by atoms with Crippen LogP contribution in [-0.2, 0) is 0 Å². The van der Waals surface area contributed by atoms with Crippen molar-refractivity contribution in [3.05, 3.63) is 58.5 Å². The largest absolute Gasteiger partial charge is 0.497 e. The molecular weight excluding hydrogens is 244 g/mol. The number of rotatable bonds is 4. The van der Waals surface area contributed by atoms with Crippen LogP contribution in [0.4, 0.5) is 11.4 Å². The number of ether oxygens (including phenoxy) is 1. The van der Waals surface area contributed by atoms with Crippen LogP contribution in [0, 0.1) is 4.91 Å². The number of nitrogen functional groups attached to an aromatic ring is 1. The molecule has 0 aliphatic rings. The van der Waals surface area contributed by atoms with E-state index in [1.54, 1.807) is 37.4 Å². The van der Waals surface area contributed by atoms with Crippen LogP contribution in [-0.4, -0.2) is 12.9 Å².